The average molecular weight is 373 g/mol. The molecule has 1 aliphatic rings. The Labute approximate surface area is 148 Å². The van der Waals surface area contributed by atoms with Crippen molar-refractivity contribution in [2.75, 3.05) is 12.3 Å². The van der Waals surface area contributed by atoms with E-state index in [1.807, 2.05) is 29.2 Å². The third-order valence-corrected chi connectivity index (χ3v) is 5.49. The molecule has 0 bridgehead atoms. The van der Waals surface area contributed by atoms with Crippen molar-refractivity contribution in [1.82, 2.24) is 4.90 Å². The second-order valence-corrected chi connectivity index (χ2v) is 7.37. The van der Waals surface area contributed by atoms with Crippen molar-refractivity contribution in [1.29, 1.82) is 0 Å². The van der Waals surface area contributed by atoms with Crippen LogP contribution < -0.4 is 0 Å². The SMILES string of the molecule is O=C(c1ccc(Cl)cc1Cl)N1CCSC1c1cccc(Cl)c1. The van der Waals surface area contributed by atoms with Crippen molar-refractivity contribution in [2.24, 2.45) is 0 Å². The first-order chi connectivity index (χ1) is 10.6. The lowest BCUT2D eigenvalue weighted by molar-refractivity contribution is 0.0760. The second kappa shape index (κ2) is 6.71. The van der Waals surface area contributed by atoms with Gasteiger partial charge in [-0.1, -0.05) is 46.9 Å². The van der Waals surface area contributed by atoms with E-state index in [0.29, 0.717) is 27.2 Å². The number of carbonyl (C=O) groups excluding carboxylic acids is 1. The number of hydrogen-bond acceptors (Lipinski definition) is 2. The second-order valence-electron chi connectivity index (χ2n) is 4.90. The van der Waals surface area contributed by atoms with E-state index < -0.39 is 0 Å². The van der Waals surface area contributed by atoms with Crippen molar-refractivity contribution in [3.05, 3.63) is 68.7 Å². The Kier molecular flexibility index (Phi) is 4.88. The molecule has 1 amide bonds. The number of hydrogen-bond donors (Lipinski definition) is 0. The van der Waals surface area contributed by atoms with Crippen LogP contribution in [0.4, 0.5) is 0 Å². The van der Waals surface area contributed by atoms with Crippen LogP contribution in [-0.2, 0) is 0 Å². The first-order valence-corrected chi connectivity index (χ1v) is 8.87. The molecule has 0 saturated carbocycles. The highest BCUT2D eigenvalue weighted by Crippen LogP contribution is 2.40. The molecule has 2 nitrogen and oxygen atoms in total. The Hall–Kier alpha value is -0.870. The molecule has 1 saturated heterocycles. The molecule has 2 aromatic rings. The van der Waals surface area contributed by atoms with Gasteiger partial charge < -0.3 is 4.90 Å². The molecule has 6 heteroatoms. The first-order valence-electron chi connectivity index (χ1n) is 6.69. The van der Waals surface area contributed by atoms with Crippen LogP contribution in [0.1, 0.15) is 21.3 Å². The molecule has 1 aliphatic heterocycles. The molecule has 0 aromatic heterocycles. The Morgan fingerprint density at radius 2 is 1.86 bits per heavy atom. The summed E-state index contributed by atoms with van der Waals surface area (Å²) >= 11 is 19.8. The fraction of sp³-hybridized carbons (Fsp3) is 0.188. The molecular weight excluding hydrogens is 361 g/mol. The molecule has 1 unspecified atom stereocenters. The summed E-state index contributed by atoms with van der Waals surface area (Å²) in [6.45, 7) is 0.680. The van der Waals surface area contributed by atoms with Gasteiger partial charge in [-0.2, -0.15) is 0 Å². The molecule has 2 aromatic carbocycles. The Balaban J connectivity index is 1.91. The average Bonchev–Trinajstić information content (AvgIpc) is 2.96. The lowest BCUT2D eigenvalue weighted by atomic mass is 10.1. The van der Waals surface area contributed by atoms with Crippen LogP contribution in [0, 0.1) is 0 Å². The van der Waals surface area contributed by atoms with E-state index in [1.54, 1.807) is 30.0 Å². The number of thioether (sulfide) groups is 1. The number of carbonyl (C=O) groups is 1. The summed E-state index contributed by atoms with van der Waals surface area (Å²) in [5.41, 5.74) is 1.49. The molecule has 0 radical (unpaired) electrons. The van der Waals surface area contributed by atoms with Crippen LogP contribution in [0.3, 0.4) is 0 Å². The Morgan fingerprint density at radius 3 is 2.59 bits per heavy atom. The summed E-state index contributed by atoms with van der Waals surface area (Å²) in [4.78, 5) is 14.6. The maximum atomic E-state index is 12.8. The van der Waals surface area contributed by atoms with Gasteiger partial charge in [0.15, 0.2) is 0 Å². The summed E-state index contributed by atoms with van der Waals surface area (Å²) in [5.74, 6) is 0.797. The molecule has 114 valence electrons. The van der Waals surface area contributed by atoms with Gasteiger partial charge in [-0.15, -0.1) is 11.8 Å². The highest BCUT2D eigenvalue weighted by Gasteiger charge is 2.32. The highest BCUT2D eigenvalue weighted by molar-refractivity contribution is 7.99. The maximum Gasteiger partial charge on any atom is 0.256 e. The summed E-state index contributed by atoms with van der Waals surface area (Å²) in [6.07, 6.45) is 0. The van der Waals surface area contributed by atoms with Crippen LogP contribution in [0.5, 0.6) is 0 Å². The third-order valence-electron chi connectivity index (χ3n) is 3.45. The van der Waals surface area contributed by atoms with Gasteiger partial charge in [-0.3, -0.25) is 4.79 Å². The fourth-order valence-electron chi connectivity index (χ4n) is 2.43. The molecule has 1 fully saturated rings. The van der Waals surface area contributed by atoms with Crippen LogP contribution >= 0.6 is 46.6 Å². The van der Waals surface area contributed by atoms with Crippen LogP contribution in [0.15, 0.2) is 42.5 Å². The van der Waals surface area contributed by atoms with Gasteiger partial charge >= 0.3 is 0 Å². The minimum absolute atomic E-state index is 0.0436. The molecule has 22 heavy (non-hydrogen) atoms. The van der Waals surface area contributed by atoms with Crippen LogP contribution in [0.2, 0.25) is 15.1 Å². The minimum atomic E-state index is -0.0864. The topological polar surface area (TPSA) is 20.3 Å². The largest absolute Gasteiger partial charge is 0.322 e. The van der Waals surface area contributed by atoms with E-state index in [0.717, 1.165) is 11.3 Å². The number of nitrogens with zero attached hydrogens (tertiary/aromatic N) is 1. The summed E-state index contributed by atoms with van der Waals surface area (Å²) in [7, 11) is 0. The lowest BCUT2D eigenvalue weighted by Gasteiger charge is -2.24. The Bertz CT molecular complexity index is 722. The van der Waals surface area contributed by atoms with Gasteiger partial charge in [0.05, 0.1) is 10.6 Å². The van der Waals surface area contributed by atoms with E-state index in [4.69, 9.17) is 34.8 Å². The van der Waals surface area contributed by atoms with Gasteiger partial charge in [-0.25, -0.2) is 0 Å². The first kappa shape index (κ1) is 16.0. The number of benzene rings is 2. The normalized spacial score (nSPS) is 17.8. The van der Waals surface area contributed by atoms with Gasteiger partial charge in [0.2, 0.25) is 0 Å². The molecule has 3 rings (SSSR count). The van der Waals surface area contributed by atoms with E-state index >= 15 is 0 Å². The van der Waals surface area contributed by atoms with Crippen molar-refractivity contribution in [3.63, 3.8) is 0 Å². The minimum Gasteiger partial charge on any atom is -0.322 e. The lowest BCUT2D eigenvalue weighted by Crippen LogP contribution is -2.30. The number of amides is 1. The van der Waals surface area contributed by atoms with E-state index in [9.17, 15) is 4.79 Å². The molecule has 0 spiro atoms. The standard InChI is InChI=1S/C16H12Cl3NOS/c17-11-3-1-2-10(8-11)16-20(6-7-22-16)15(21)13-5-4-12(18)9-14(13)19/h1-5,8-9,16H,6-7H2. The number of halogens is 3. The Morgan fingerprint density at radius 1 is 1.09 bits per heavy atom. The summed E-state index contributed by atoms with van der Waals surface area (Å²) in [5, 5.41) is 1.52. The predicted octanol–water partition coefficient (Wildman–Crippen LogP) is 5.53. The summed E-state index contributed by atoms with van der Waals surface area (Å²) < 4.78 is 0. The monoisotopic (exact) mass is 371 g/mol. The predicted molar refractivity (Wildman–Crippen MR) is 94.1 cm³/mol. The molecule has 1 atom stereocenters. The molecule has 1 heterocycles. The van der Waals surface area contributed by atoms with Crippen molar-refractivity contribution >= 4 is 52.5 Å². The highest BCUT2D eigenvalue weighted by atomic mass is 35.5. The zero-order valence-corrected chi connectivity index (χ0v) is 14.5. The van der Waals surface area contributed by atoms with Crippen molar-refractivity contribution in [2.45, 2.75) is 5.37 Å². The smallest absolute Gasteiger partial charge is 0.256 e. The van der Waals surface area contributed by atoms with Gasteiger partial charge in [0.1, 0.15) is 5.37 Å². The molecule has 0 N–H and O–H groups in total. The van der Waals surface area contributed by atoms with Crippen molar-refractivity contribution in [3.8, 4) is 0 Å². The number of rotatable bonds is 2. The van der Waals surface area contributed by atoms with Crippen LogP contribution in [-0.4, -0.2) is 23.1 Å². The van der Waals surface area contributed by atoms with Gasteiger partial charge in [-0.05, 0) is 35.9 Å². The van der Waals surface area contributed by atoms with E-state index in [2.05, 4.69) is 0 Å². The van der Waals surface area contributed by atoms with Crippen molar-refractivity contribution < 1.29 is 4.79 Å². The third kappa shape index (κ3) is 3.23. The summed E-state index contributed by atoms with van der Waals surface area (Å²) in [6, 6.07) is 12.5. The molecular formula is C16H12Cl3NOS. The quantitative estimate of drug-likeness (QED) is 0.690. The van der Waals surface area contributed by atoms with Crippen LogP contribution in [0.25, 0.3) is 0 Å². The molecule has 0 aliphatic carbocycles. The van der Waals surface area contributed by atoms with Gasteiger partial charge in [0, 0.05) is 22.3 Å². The van der Waals surface area contributed by atoms with E-state index in [-0.39, 0.29) is 11.3 Å². The zero-order chi connectivity index (χ0) is 15.7. The zero-order valence-electron chi connectivity index (χ0n) is 11.4. The fourth-order valence-corrected chi connectivity index (χ4v) is 4.37. The van der Waals surface area contributed by atoms with E-state index in [1.165, 1.54) is 0 Å². The van der Waals surface area contributed by atoms with Gasteiger partial charge in [0.25, 0.3) is 5.91 Å². The maximum absolute atomic E-state index is 12.8.